The van der Waals surface area contributed by atoms with Gasteiger partial charge in [-0.25, -0.2) is 4.79 Å². The fourth-order valence-electron chi connectivity index (χ4n) is 2.41. The molecule has 0 aliphatic heterocycles. The molecule has 0 saturated carbocycles. The first-order valence-corrected chi connectivity index (χ1v) is 7.01. The molecule has 1 aliphatic carbocycles. The van der Waals surface area contributed by atoms with Crippen LogP contribution in [-0.2, 0) is 6.42 Å². The molecule has 0 bridgehead atoms. The highest BCUT2D eigenvalue weighted by atomic mass is 32.1. The maximum absolute atomic E-state index is 11.2. The van der Waals surface area contributed by atoms with E-state index in [-0.39, 0.29) is 11.6 Å². The zero-order chi connectivity index (χ0) is 13.2. The molecule has 1 unspecified atom stereocenters. The Morgan fingerprint density at radius 3 is 3.21 bits per heavy atom. The van der Waals surface area contributed by atoms with Crippen LogP contribution < -0.4 is 5.32 Å². The van der Waals surface area contributed by atoms with E-state index in [1.165, 1.54) is 22.7 Å². The van der Waals surface area contributed by atoms with Gasteiger partial charge in [-0.1, -0.05) is 0 Å². The summed E-state index contributed by atoms with van der Waals surface area (Å²) >= 11 is 1.76. The second kappa shape index (κ2) is 4.97. The van der Waals surface area contributed by atoms with Crippen LogP contribution in [0, 0.1) is 0 Å². The lowest BCUT2D eigenvalue weighted by molar-refractivity contribution is 0.0697. The zero-order valence-electron chi connectivity index (χ0n) is 10.2. The van der Waals surface area contributed by atoms with Crippen molar-refractivity contribution in [1.82, 2.24) is 10.2 Å². The lowest BCUT2D eigenvalue weighted by Gasteiger charge is -2.24. The molecule has 0 fully saturated rings. The smallest absolute Gasteiger partial charge is 0.339 e. The highest BCUT2D eigenvalue weighted by molar-refractivity contribution is 7.10. The molecule has 6 heteroatoms. The number of rotatable bonds is 3. The van der Waals surface area contributed by atoms with Gasteiger partial charge in [0, 0.05) is 4.88 Å². The highest BCUT2D eigenvalue weighted by Crippen LogP contribution is 2.35. The maximum Gasteiger partial charge on any atom is 0.339 e. The first-order valence-electron chi connectivity index (χ1n) is 6.13. The van der Waals surface area contributed by atoms with Gasteiger partial charge in [-0.3, -0.25) is 0 Å². The number of anilines is 1. The summed E-state index contributed by atoms with van der Waals surface area (Å²) in [5, 5.41) is 22.1. The molecule has 2 N–H and O–H groups in total. The Hall–Kier alpha value is -1.95. The molecular formula is C13H13N3O2S. The van der Waals surface area contributed by atoms with Crippen molar-refractivity contribution >= 4 is 23.1 Å². The SMILES string of the molecule is O=C(O)c1ccnnc1NC1CCCc2sccc21. The second-order valence-electron chi connectivity index (χ2n) is 4.49. The number of aromatic nitrogens is 2. The van der Waals surface area contributed by atoms with Gasteiger partial charge in [0.1, 0.15) is 5.56 Å². The molecule has 5 nitrogen and oxygen atoms in total. The third-order valence-corrected chi connectivity index (χ3v) is 4.31. The van der Waals surface area contributed by atoms with Crippen molar-refractivity contribution < 1.29 is 9.90 Å². The predicted molar refractivity (Wildman–Crippen MR) is 72.6 cm³/mol. The Morgan fingerprint density at radius 2 is 2.37 bits per heavy atom. The number of carbonyl (C=O) groups is 1. The fraction of sp³-hybridized carbons (Fsp3) is 0.308. The van der Waals surface area contributed by atoms with Crippen LogP contribution in [0.2, 0.25) is 0 Å². The van der Waals surface area contributed by atoms with Gasteiger partial charge in [0.15, 0.2) is 5.82 Å². The standard InChI is InChI=1S/C13H13N3O2S/c17-13(18)9-4-6-14-16-12(9)15-10-2-1-3-11-8(10)5-7-19-11/h4-7,10H,1-3H2,(H,15,16)(H,17,18). The van der Waals surface area contributed by atoms with Gasteiger partial charge in [-0.15, -0.1) is 16.4 Å². The molecule has 0 saturated heterocycles. The molecule has 2 aromatic rings. The van der Waals surface area contributed by atoms with E-state index in [2.05, 4.69) is 27.0 Å². The molecular weight excluding hydrogens is 262 g/mol. The molecule has 0 radical (unpaired) electrons. The largest absolute Gasteiger partial charge is 0.478 e. The number of thiophene rings is 1. The van der Waals surface area contributed by atoms with E-state index in [0.717, 1.165) is 19.3 Å². The van der Waals surface area contributed by atoms with Crippen molar-refractivity contribution in [3.63, 3.8) is 0 Å². The van der Waals surface area contributed by atoms with Gasteiger partial charge in [-0.2, -0.15) is 5.10 Å². The quantitative estimate of drug-likeness (QED) is 0.900. The summed E-state index contributed by atoms with van der Waals surface area (Å²) in [5.41, 5.74) is 1.43. The Kier molecular flexibility index (Phi) is 3.16. The number of nitrogens with zero attached hydrogens (tertiary/aromatic N) is 2. The summed E-state index contributed by atoms with van der Waals surface area (Å²) in [4.78, 5) is 12.5. The van der Waals surface area contributed by atoms with Crippen molar-refractivity contribution in [2.45, 2.75) is 25.3 Å². The first-order chi connectivity index (χ1) is 9.25. The normalized spacial score (nSPS) is 17.8. The number of fused-ring (bicyclic) bond motifs is 1. The average molecular weight is 275 g/mol. The van der Waals surface area contributed by atoms with E-state index >= 15 is 0 Å². The van der Waals surface area contributed by atoms with Crippen molar-refractivity contribution in [2.75, 3.05) is 5.32 Å². The van der Waals surface area contributed by atoms with Crippen LogP contribution in [0.5, 0.6) is 0 Å². The van der Waals surface area contributed by atoms with E-state index in [9.17, 15) is 4.79 Å². The number of nitrogens with one attached hydrogen (secondary N) is 1. The maximum atomic E-state index is 11.2. The van der Waals surface area contributed by atoms with Crippen LogP contribution in [0.25, 0.3) is 0 Å². The topological polar surface area (TPSA) is 75.1 Å². The number of carboxylic acid groups (broad SMARTS) is 1. The van der Waals surface area contributed by atoms with Crippen LogP contribution >= 0.6 is 11.3 Å². The molecule has 2 aromatic heterocycles. The van der Waals surface area contributed by atoms with E-state index in [1.54, 1.807) is 11.3 Å². The summed E-state index contributed by atoms with van der Waals surface area (Å²) in [5.74, 6) is -0.641. The molecule has 0 amide bonds. The van der Waals surface area contributed by atoms with E-state index in [4.69, 9.17) is 5.11 Å². The third kappa shape index (κ3) is 2.31. The Morgan fingerprint density at radius 1 is 1.47 bits per heavy atom. The van der Waals surface area contributed by atoms with Crippen molar-refractivity contribution in [1.29, 1.82) is 0 Å². The van der Waals surface area contributed by atoms with Crippen LogP contribution in [0.4, 0.5) is 5.82 Å². The lowest BCUT2D eigenvalue weighted by Crippen LogP contribution is -2.18. The number of aryl methyl sites for hydroxylation is 1. The molecule has 3 rings (SSSR count). The van der Waals surface area contributed by atoms with Crippen molar-refractivity contribution in [3.8, 4) is 0 Å². The summed E-state index contributed by atoms with van der Waals surface area (Å²) in [6.45, 7) is 0. The first kappa shape index (κ1) is 12.1. The molecule has 0 aromatic carbocycles. The molecule has 0 spiro atoms. The Labute approximate surface area is 114 Å². The van der Waals surface area contributed by atoms with Crippen molar-refractivity contribution in [3.05, 3.63) is 39.7 Å². The van der Waals surface area contributed by atoms with Crippen molar-refractivity contribution in [2.24, 2.45) is 0 Å². The number of carboxylic acids is 1. The number of aromatic carboxylic acids is 1. The summed E-state index contributed by atoms with van der Waals surface area (Å²) < 4.78 is 0. The monoisotopic (exact) mass is 275 g/mol. The molecule has 98 valence electrons. The van der Waals surface area contributed by atoms with Gasteiger partial charge in [0.2, 0.25) is 0 Å². The van der Waals surface area contributed by atoms with Gasteiger partial charge >= 0.3 is 5.97 Å². The Balaban J connectivity index is 1.90. The van der Waals surface area contributed by atoms with E-state index < -0.39 is 5.97 Å². The molecule has 1 aliphatic rings. The van der Waals surface area contributed by atoms with E-state index in [0.29, 0.717) is 5.82 Å². The molecule has 2 heterocycles. The molecule has 1 atom stereocenters. The van der Waals surface area contributed by atoms with Crippen LogP contribution in [0.15, 0.2) is 23.7 Å². The number of hydrogen-bond acceptors (Lipinski definition) is 5. The minimum absolute atomic E-state index is 0.129. The van der Waals surface area contributed by atoms with Gasteiger partial charge in [0.25, 0.3) is 0 Å². The van der Waals surface area contributed by atoms with Crippen LogP contribution in [-0.4, -0.2) is 21.3 Å². The second-order valence-corrected chi connectivity index (χ2v) is 5.49. The highest BCUT2D eigenvalue weighted by Gasteiger charge is 2.23. The zero-order valence-corrected chi connectivity index (χ0v) is 11.0. The predicted octanol–water partition coefficient (Wildman–Crippen LogP) is 2.73. The average Bonchev–Trinajstić information content (AvgIpc) is 2.88. The third-order valence-electron chi connectivity index (χ3n) is 3.31. The van der Waals surface area contributed by atoms with Crippen LogP contribution in [0.1, 0.15) is 39.7 Å². The lowest BCUT2D eigenvalue weighted by atomic mass is 9.94. The minimum Gasteiger partial charge on any atom is -0.478 e. The van der Waals surface area contributed by atoms with Gasteiger partial charge in [0.05, 0.1) is 12.2 Å². The fourth-order valence-corrected chi connectivity index (χ4v) is 3.40. The summed E-state index contributed by atoms with van der Waals surface area (Å²) in [6.07, 6.45) is 4.59. The van der Waals surface area contributed by atoms with Crippen LogP contribution in [0.3, 0.4) is 0 Å². The summed E-state index contributed by atoms with van der Waals surface area (Å²) in [7, 11) is 0. The minimum atomic E-state index is -0.987. The Bertz CT molecular complexity index is 611. The van der Waals surface area contributed by atoms with Gasteiger partial charge < -0.3 is 10.4 Å². The van der Waals surface area contributed by atoms with Gasteiger partial charge in [-0.05, 0) is 42.3 Å². The summed E-state index contributed by atoms with van der Waals surface area (Å²) in [6, 6.07) is 3.70. The molecule has 19 heavy (non-hydrogen) atoms. The van der Waals surface area contributed by atoms with E-state index in [1.807, 2.05) is 0 Å². The number of hydrogen-bond donors (Lipinski definition) is 2.